The number of hydrogen-bond acceptors (Lipinski definition) is 4. The van der Waals surface area contributed by atoms with Gasteiger partial charge in [0.15, 0.2) is 0 Å². The van der Waals surface area contributed by atoms with E-state index in [4.69, 9.17) is 4.74 Å². The van der Waals surface area contributed by atoms with Crippen LogP contribution in [0.5, 0.6) is 0 Å². The number of carbonyl (C=O) groups excluding carboxylic acids is 1. The Kier molecular flexibility index (Phi) is 3.95. The monoisotopic (exact) mass is 296 g/mol. The van der Waals surface area contributed by atoms with Crippen molar-refractivity contribution in [3.05, 3.63) is 16.1 Å². The molecular formula is C15H24N2O2S. The van der Waals surface area contributed by atoms with Gasteiger partial charge in [-0.25, -0.2) is 4.98 Å². The maximum atomic E-state index is 12.6. The number of amides is 1. The zero-order valence-electron chi connectivity index (χ0n) is 13.2. The summed E-state index contributed by atoms with van der Waals surface area (Å²) in [6, 6.07) is 0. The average molecular weight is 296 g/mol. The summed E-state index contributed by atoms with van der Waals surface area (Å²) in [5.41, 5.74) is -0.300. The molecule has 1 fully saturated rings. The summed E-state index contributed by atoms with van der Waals surface area (Å²) >= 11 is 1.50. The third-order valence-electron chi connectivity index (χ3n) is 3.21. The fourth-order valence-corrected chi connectivity index (χ4v) is 3.43. The van der Waals surface area contributed by atoms with E-state index in [2.05, 4.69) is 25.8 Å². The molecule has 0 aromatic carbocycles. The van der Waals surface area contributed by atoms with Crippen LogP contribution >= 0.6 is 11.3 Å². The molecule has 0 saturated carbocycles. The number of aromatic nitrogens is 1. The Bertz CT molecular complexity index is 502. The highest BCUT2D eigenvalue weighted by Gasteiger charge is 2.34. The zero-order valence-corrected chi connectivity index (χ0v) is 14.0. The fraction of sp³-hybridized carbons (Fsp3) is 0.733. The highest BCUT2D eigenvalue weighted by molar-refractivity contribution is 7.13. The lowest BCUT2D eigenvalue weighted by molar-refractivity contribution is -0.118. The van der Waals surface area contributed by atoms with Crippen LogP contribution in [0.4, 0.5) is 0 Å². The Labute approximate surface area is 125 Å². The number of hydrogen-bond donors (Lipinski definition) is 0. The van der Waals surface area contributed by atoms with E-state index >= 15 is 0 Å². The quantitative estimate of drug-likeness (QED) is 0.800. The van der Waals surface area contributed by atoms with Crippen molar-refractivity contribution < 1.29 is 9.53 Å². The molecule has 1 saturated heterocycles. The Morgan fingerprint density at radius 2 is 2.15 bits per heavy atom. The maximum Gasteiger partial charge on any atom is 0.265 e. The van der Waals surface area contributed by atoms with Crippen LogP contribution in [0.15, 0.2) is 6.20 Å². The Hall–Kier alpha value is -0.940. The average Bonchev–Trinajstić information content (AvgIpc) is 2.73. The SMILES string of the molecule is CC1CN(C(=O)c2cnc(C(C)(C)C)s2)CC(C)(C)O1. The summed E-state index contributed by atoms with van der Waals surface area (Å²) in [6.45, 7) is 13.7. The van der Waals surface area contributed by atoms with Crippen molar-refractivity contribution in [1.29, 1.82) is 0 Å². The van der Waals surface area contributed by atoms with Gasteiger partial charge in [-0.05, 0) is 20.8 Å². The minimum Gasteiger partial charge on any atom is -0.369 e. The number of carbonyl (C=O) groups is 1. The van der Waals surface area contributed by atoms with Crippen molar-refractivity contribution in [1.82, 2.24) is 9.88 Å². The number of ether oxygens (including phenoxy) is 1. The fourth-order valence-electron chi connectivity index (χ4n) is 2.48. The van der Waals surface area contributed by atoms with E-state index < -0.39 is 0 Å². The molecule has 0 bridgehead atoms. The lowest BCUT2D eigenvalue weighted by Crippen LogP contribution is -2.53. The highest BCUT2D eigenvalue weighted by Crippen LogP contribution is 2.29. The Balaban J connectivity index is 2.17. The lowest BCUT2D eigenvalue weighted by atomic mass is 9.98. The highest BCUT2D eigenvalue weighted by atomic mass is 32.1. The van der Waals surface area contributed by atoms with Crippen molar-refractivity contribution in [3.63, 3.8) is 0 Å². The smallest absolute Gasteiger partial charge is 0.265 e. The molecule has 0 aliphatic carbocycles. The van der Waals surface area contributed by atoms with Crippen molar-refractivity contribution in [2.75, 3.05) is 13.1 Å². The molecule has 1 aromatic rings. The summed E-state index contributed by atoms with van der Waals surface area (Å²) in [4.78, 5) is 19.6. The van der Waals surface area contributed by atoms with E-state index in [-0.39, 0.29) is 23.0 Å². The first-order valence-corrected chi connectivity index (χ1v) is 7.83. The minimum absolute atomic E-state index is 0.0131. The van der Waals surface area contributed by atoms with Crippen LogP contribution in [0.25, 0.3) is 0 Å². The molecule has 1 aliphatic heterocycles. The van der Waals surface area contributed by atoms with Crippen LogP contribution in [-0.2, 0) is 10.2 Å². The van der Waals surface area contributed by atoms with Gasteiger partial charge in [-0.15, -0.1) is 11.3 Å². The normalized spacial score (nSPS) is 22.9. The van der Waals surface area contributed by atoms with Gasteiger partial charge in [0.25, 0.3) is 5.91 Å². The summed E-state index contributed by atoms with van der Waals surface area (Å²) in [5.74, 6) is 0.0706. The molecule has 1 amide bonds. The second-order valence-electron chi connectivity index (χ2n) is 7.15. The molecule has 1 aromatic heterocycles. The van der Waals surface area contributed by atoms with Crippen LogP contribution in [-0.4, -0.2) is 40.6 Å². The number of thiazole rings is 1. The first-order chi connectivity index (χ1) is 9.08. The topological polar surface area (TPSA) is 42.4 Å². The van der Waals surface area contributed by atoms with Crippen molar-refractivity contribution in [2.24, 2.45) is 0 Å². The molecule has 1 unspecified atom stereocenters. The molecule has 1 aliphatic rings. The lowest BCUT2D eigenvalue weighted by Gasteiger charge is -2.41. The summed E-state index contributed by atoms with van der Waals surface area (Å²) in [6.07, 6.45) is 1.78. The van der Waals surface area contributed by atoms with Gasteiger partial charge in [-0.1, -0.05) is 20.8 Å². The summed E-state index contributed by atoms with van der Waals surface area (Å²) in [5, 5.41) is 1.00. The largest absolute Gasteiger partial charge is 0.369 e. The molecule has 0 spiro atoms. The van der Waals surface area contributed by atoms with Gasteiger partial charge in [0.1, 0.15) is 4.88 Å². The predicted octanol–water partition coefficient (Wildman–Crippen LogP) is 3.08. The molecule has 0 N–H and O–H groups in total. The van der Waals surface area contributed by atoms with E-state index in [0.29, 0.717) is 13.1 Å². The van der Waals surface area contributed by atoms with Crippen molar-refractivity contribution in [3.8, 4) is 0 Å². The summed E-state index contributed by atoms with van der Waals surface area (Å²) < 4.78 is 5.84. The van der Waals surface area contributed by atoms with Crippen LogP contribution in [0, 0.1) is 0 Å². The van der Waals surface area contributed by atoms with Gasteiger partial charge in [-0.3, -0.25) is 4.79 Å². The van der Waals surface area contributed by atoms with Crippen LogP contribution in [0.1, 0.15) is 56.2 Å². The third kappa shape index (κ3) is 3.38. The molecule has 2 heterocycles. The van der Waals surface area contributed by atoms with Gasteiger partial charge in [0.2, 0.25) is 0 Å². The van der Waals surface area contributed by atoms with E-state index in [1.54, 1.807) is 6.20 Å². The first kappa shape index (κ1) is 15.4. The second kappa shape index (κ2) is 5.11. The van der Waals surface area contributed by atoms with E-state index in [0.717, 1.165) is 9.88 Å². The van der Waals surface area contributed by atoms with E-state index in [1.807, 2.05) is 25.7 Å². The summed E-state index contributed by atoms with van der Waals surface area (Å²) in [7, 11) is 0. The predicted molar refractivity (Wildman–Crippen MR) is 81.3 cm³/mol. The van der Waals surface area contributed by atoms with Gasteiger partial charge >= 0.3 is 0 Å². The molecular weight excluding hydrogens is 272 g/mol. The molecule has 1 atom stereocenters. The number of nitrogens with zero attached hydrogens (tertiary/aromatic N) is 2. The standard InChI is InChI=1S/C15H24N2O2S/c1-10-8-17(9-15(5,6)19-10)12(18)11-7-16-13(20-11)14(2,3)4/h7,10H,8-9H2,1-6H3. The van der Waals surface area contributed by atoms with Gasteiger partial charge < -0.3 is 9.64 Å². The van der Waals surface area contributed by atoms with Crippen LogP contribution in [0.3, 0.4) is 0 Å². The maximum absolute atomic E-state index is 12.6. The van der Waals surface area contributed by atoms with E-state index in [1.165, 1.54) is 11.3 Å². The van der Waals surface area contributed by atoms with Gasteiger partial charge in [-0.2, -0.15) is 0 Å². The molecule has 4 nitrogen and oxygen atoms in total. The van der Waals surface area contributed by atoms with Crippen LogP contribution in [0.2, 0.25) is 0 Å². The Morgan fingerprint density at radius 3 is 2.65 bits per heavy atom. The van der Waals surface area contributed by atoms with Crippen molar-refractivity contribution >= 4 is 17.2 Å². The first-order valence-electron chi connectivity index (χ1n) is 7.02. The molecule has 2 rings (SSSR count). The van der Waals surface area contributed by atoms with Gasteiger partial charge in [0.05, 0.1) is 22.9 Å². The van der Waals surface area contributed by atoms with Crippen LogP contribution < -0.4 is 0 Å². The van der Waals surface area contributed by atoms with Crippen molar-refractivity contribution in [2.45, 2.75) is 58.7 Å². The number of rotatable bonds is 1. The minimum atomic E-state index is -0.287. The van der Waals surface area contributed by atoms with E-state index in [9.17, 15) is 4.79 Å². The molecule has 0 radical (unpaired) electrons. The number of morpholine rings is 1. The second-order valence-corrected chi connectivity index (χ2v) is 8.18. The third-order valence-corrected chi connectivity index (χ3v) is 4.63. The Morgan fingerprint density at radius 1 is 1.50 bits per heavy atom. The zero-order chi connectivity index (χ0) is 15.1. The van der Waals surface area contributed by atoms with Gasteiger partial charge in [0, 0.05) is 18.5 Å². The molecule has 5 heteroatoms. The molecule has 112 valence electrons. The molecule has 20 heavy (non-hydrogen) atoms.